The van der Waals surface area contributed by atoms with Gasteiger partial charge in [0.15, 0.2) is 4.67 Å². The minimum atomic E-state index is 0.776. The molecule has 3 rings (SSSR count). The van der Waals surface area contributed by atoms with Gasteiger partial charge >= 0.3 is 0 Å². The lowest BCUT2D eigenvalue weighted by Crippen LogP contribution is -2.15. The van der Waals surface area contributed by atoms with Gasteiger partial charge < -0.3 is 14.3 Å². The van der Waals surface area contributed by atoms with Crippen LogP contribution < -0.4 is 5.32 Å². The van der Waals surface area contributed by atoms with E-state index in [1.165, 1.54) is 10.9 Å². The highest BCUT2D eigenvalue weighted by molar-refractivity contribution is 9.10. The van der Waals surface area contributed by atoms with E-state index in [2.05, 4.69) is 62.3 Å². The highest BCUT2D eigenvalue weighted by atomic mass is 79.9. The molecule has 0 bridgehead atoms. The number of benzene rings is 1. The molecule has 4 heteroatoms. The highest BCUT2D eigenvalue weighted by Gasteiger charge is 2.00. The van der Waals surface area contributed by atoms with Gasteiger partial charge in [-0.3, -0.25) is 0 Å². The number of fused-ring (bicyclic) bond motifs is 1. The smallest absolute Gasteiger partial charge is 0.169 e. The van der Waals surface area contributed by atoms with Crippen LogP contribution in [0, 0.1) is 0 Å². The van der Waals surface area contributed by atoms with Crippen molar-refractivity contribution in [2.24, 2.45) is 0 Å². The molecule has 0 saturated heterocycles. The highest BCUT2D eigenvalue weighted by Crippen LogP contribution is 2.15. The Morgan fingerprint density at radius 3 is 2.85 bits per heavy atom. The predicted octanol–water partition coefficient (Wildman–Crippen LogP) is 4.18. The zero-order valence-electron chi connectivity index (χ0n) is 11.2. The summed E-state index contributed by atoms with van der Waals surface area (Å²) in [5, 5.41) is 4.70. The molecule has 0 saturated carbocycles. The number of nitrogens with zero attached hydrogens (tertiary/aromatic N) is 1. The zero-order chi connectivity index (χ0) is 13.8. The third-order valence-corrected chi connectivity index (χ3v) is 3.79. The van der Waals surface area contributed by atoms with Gasteiger partial charge in [-0.15, -0.1) is 0 Å². The van der Waals surface area contributed by atoms with Crippen molar-refractivity contribution in [3.8, 4) is 0 Å². The van der Waals surface area contributed by atoms with E-state index >= 15 is 0 Å². The van der Waals surface area contributed by atoms with Gasteiger partial charge in [0.25, 0.3) is 0 Å². The summed E-state index contributed by atoms with van der Waals surface area (Å²) < 4.78 is 8.53. The van der Waals surface area contributed by atoms with Crippen molar-refractivity contribution in [2.45, 2.75) is 19.5 Å². The second-order valence-electron chi connectivity index (χ2n) is 4.80. The maximum atomic E-state index is 5.44. The molecule has 1 N–H and O–H groups in total. The quantitative estimate of drug-likeness (QED) is 0.686. The molecule has 0 aliphatic rings. The normalized spacial score (nSPS) is 11.2. The van der Waals surface area contributed by atoms with E-state index in [-0.39, 0.29) is 0 Å². The Hall–Kier alpha value is -1.52. The van der Waals surface area contributed by atoms with Crippen molar-refractivity contribution >= 4 is 26.8 Å². The molecule has 0 aliphatic carbocycles. The van der Waals surface area contributed by atoms with Crippen molar-refractivity contribution in [3.63, 3.8) is 0 Å². The summed E-state index contributed by atoms with van der Waals surface area (Å²) in [6, 6.07) is 14.6. The van der Waals surface area contributed by atoms with Crippen molar-refractivity contribution in [2.75, 3.05) is 6.54 Å². The largest absolute Gasteiger partial charge is 0.453 e. The van der Waals surface area contributed by atoms with Gasteiger partial charge in [0, 0.05) is 18.3 Å². The number of halogens is 1. The van der Waals surface area contributed by atoms with Crippen LogP contribution in [0.4, 0.5) is 0 Å². The van der Waals surface area contributed by atoms with E-state index in [9.17, 15) is 0 Å². The van der Waals surface area contributed by atoms with E-state index in [4.69, 9.17) is 4.42 Å². The molecule has 3 nitrogen and oxygen atoms in total. The molecular formula is C16H17BrN2O. The Kier molecular flexibility index (Phi) is 4.23. The molecule has 3 aromatic rings. The first-order valence-electron chi connectivity index (χ1n) is 6.82. The number of hydrogen-bond donors (Lipinski definition) is 1. The lowest BCUT2D eigenvalue weighted by Gasteiger charge is -2.06. The average Bonchev–Trinajstić information content (AvgIpc) is 3.05. The van der Waals surface area contributed by atoms with Crippen molar-refractivity contribution in [3.05, 3.63) is 59.1 Å². The first-order valence-corrected chi connectivity index (χ1v) is 7.61. The SMILES string of the molecule is Brc1ccc(CNCCCn2ccc3ccccc32)o1. The van der Waals surface area contributed by atoms with Gasteiger partial charge in [0.2, 0.25) is 0 Å². The molecule has 0 spiro atoms. The second-order valence-corrected chi connectivity index (χ2v) is 5.59. The topological polar surface area (TPSA) is 30.1 Å². The number of hydrogen-bond acceptors (Lipinski definition) is 2. The average molecular weight is 333 g/mol. The molecule has 2 heterocycles. The Bertz CT molecular complexity index is 686. The van der Waals surface area contributed by atoms with Gasteiger partial charge in [-0.2, -0.15) is 0 Å². The Morgan fingerprint density at radius 1 is 1.10 bits per heavy atom. The van der Waals surface area contributed by atoms with Gasteiger partial charge in [-0.1, -0.05) is 18.2 Å². The molecule has 0 amide bonds. The lowest BCUT2D eigenvalue weighted by atomic mass is 10.2. The summed E-state index contributed by atoms with van der Waals surface area (Å²) in [4.78, 5) is 0. The maximum absolute atomic E-state index is 5.44. The van der Waals surface area contributed by atoms with E-state index in [1.807, 2.05) is 12.1 Å². The van der Waals surface area contributed by atoms with Crippen LogP contribution in [0.5, 0.6) is 0 Å². The van der Waals surface area contributed by atoms with Crippen molar-refractivity contribution in [1.82, 2.24) is 9.88 Å². The fourth-order valence-electron chi connectivity index (χ4n) is 2.37. The maximum Gasteiger partial charge on any atom is 0.169 e. The third kappa shape index (κ3) is 3.14. The minimum absolute atomic E-state index is 0.776. The van der Waals surface area contributed by atoms with Crippen LogP contribution >= 0.6 is 15.9 Å². The third-order valence-electron chi connectivity index (χ3n) is 3.36. The fraction of sp³-hybridized carbons (Fsp3) is 0.250. The van der Waals surface area contributed by atoms with E-state index in [1.54, 1.807) is 0 Å². The Labute approximate surface area is 126 Å². The molecular weight excluding hydrogens is 316 g/mol. The molecule has 104 valence electrons. The van der Waals surface area contributed by atoms with E-state index < -0.39 is 0 Å². The summed E-state index contributed by atoms with van der Waals surface area (Å²) in [5.41, 5.74) is 1.31. The summed E-state index contributed by atoms with van der Waals surface area (Å²) in [6.45, 7) is 2.78. The second kappa shape index (κ2) is 6.29. The van der Waals surface area contributed by atoms with Crippen LogP contribution in [-0.2, 0) is 13.1 Å². The van der Waals surface area contributed by atoms with Gasteiger partial charge in [-0.05, 0) is 58.5 Å². The molecule has 20 heavy (non-hydrogen) atoms. The van der Waals surface area contributed by atoms with Crippen molar-refractivity contribution in [1.29, 1.82) is 0 Å². The molecule has 2 aromatic heterocycles. The number of nitrogens with one attached hydrogen (secondary N) is 1. The van der Waals surface area contributed by atoms with Crippen LogP contribution in [0.25, 0.3) is 10.9 Å². The molecule has 0 fully saturated rings. The molecule has 0 aliphatic heterocycles. The van der Waals surface area contributed by atoms with Crippen LogP contribution in [0.2, 0.25) is 0 Å². The minimum Gasteiger partial charge on any atom is -0.453 e. The number of furan rings is 1. The number of para-hydroxylation sites is 1. The first kappa shape index (κ1) is 13.5. The molecule has 1 aromatic carbocycles. The van der Waals surface area contributed by atoms with Crippen LogP contribution in [-0.4, -0.2) is 11.1 Å². The fourth-order valence-corrected chi connectivity index (χ4v) is 2.71. The van der Waals surface area contributed by atoms with Crippen LogP contribution in [0.3, 0.4) is 0 Å². The van der Waals surface area contributed by atoms with Gasteiger partial charge in [-0.25, -0.2) is 0 Å². The van der Waals surface area contributed by atoms with Crippen molar-refractivity contribution < 1.29 is 4.42 Å². The van der Waals surface area contributed by atoms with E-state index in [0.717, 1.165) is 36.5 Å². The van der Waals surface area contributed by atoms with E-state index in [0.29, 0.717) is 0 Å². The lowest BCUT2D eigenvalue weighted by molar-refractivity contribution is 0.460. The first-order chi connectivity index (χ1) is 9.83. The summed E-state index contributed by atoms with van der Waals surface area (Å²) in [6.07, 6.45) is 3.26. The summed E-state index contributed by atoms with van der Waals surface area (Å²) in [5.74, 6) is 0.961. The summed E-state index contributed by atoms with van der Waals surface area (Å²) >= 11 is 3.31. The monoisotopic (exact) mass is 332 g/mol. The molecule has 0 radical (unpaired) electrons. The molecule has 0 atom stereocenters. The molecule has 0 unspecified atom stereocenters. The zero-order valence-corrected chi connectivity index (χ0v) is 12.8. The Balaban J connectivity index is 1.46. The van der Waals surface area contributed by atoms with Gasteiger partial charge in [0.05, 0.1) is 6.54 Å². The van der Waals surface area contributed by atoms with Gasteiger partial charge in [0.1, 0.15) is 5.76 Å². The summed E-state index contributed by atoms with van der Waals surface area (Å²) in [7, 11) is 0. The number of rotatable bonds is 6. The predicted molar refractivity (Wildman–Crippen MR) is 84.7 cm³/mol. The number of aromatic nitrogens is 1. The number of aryl methyl sites for hydroxylation is 1. The van der Waals surface area contributed by atoms with Crippen LogP contribution in [0.1, 0.15) is 12.2 Å². The Morgan fingerprint density at radius 2 is 2.00 bits per heavy atom. The standard InChI is InChI=1S/C16H17BrN2O/c17-16-7-6-14(20-16)12-18-9-3-10-19-11-8-13-4-1-2-5-15(13)19/h1-2,4-8,11,18H,3,9-10,12H2. The van der Waals surface area contributed by atoms with Crippen LogP contribution in [0.15, 0.2) is 57.7 Å².